The monoisotopic (exact) mass is 448 g/mol. The van der Waals surface area contributed by atoms with Gasteiger partial charge in [0, 0.05) is 11.3 Å². The summed E-state index contributed by atoms with van der Waals surface area (Å²) in [6.07, 6.45) is 0. The number of anilines is 3. The molecule has 4 aromatic rings. The second-order valence-corrected chi connectivity index (χ2v) is 9.86. The smallest absolute Gasteiger partial charge is 0.211 e. The van der Waals surface area contributed by atoms with E-state index in [0.717, 1.165) is 22.6 Å². The fraction of sp³-hybridized carbons (Fsp3) is 0.0417. The van der Waals surface area contributed by atoms with Gasteiger partial charge in [0.2, 0.25) is 15.6 Å². The van der Waals surface area contributed by atoms with E-state index in [1.807, 2.05) is 37.3 Å². The molecule has 3 aromatic carbocycles. The minimum atomic E-state index is -3.96. The number of aryl methyl sites for hydroxylation is 1. The van der Waals surface area contributed by atoms with Crippen molar-refractivity contribution in [2.24, 2.45) is 0 Å². The molecule has 0 amide bonds. The lowest BCUT2D eigenvalue weighted by Crippen LogP contribution is -2.08. The Kier molecular flexibility index (Phi) is 5.63. The van der Waals surface area contributed by atoms with Gasteiger partial charge in [-0.1, -0.05) is 66.7 Å². The van der Waals surface area contributed by atoms with Crippen molar-refractivity contribution in [1.29, 1.82) is 0 Å². The summed E-state index contributed by atoms with van der Waals surface area (Å²) in [6, 6.07) is 24.3. The number of benzene rings is 3. The Morgan fingerprint density at radius 2 is 1.45 bits per heavy atom. The van der Waals surface area contributed by atoms with Crippen LogP contribution in [0.25, 0.3) is 0 Å². The number of rotatable bonds is 6. The maximum absolute atomic E-state index is 13.5. The molecule has 1 aromatic heterocycles. The molecule has 0 aliphatic carbocycles. The summed E-state index contributed by atoms with van der Waals surface area (Å²) >= 11 is 1.05. The zero-order valence-electron chi connectivity index (χ0n) is 16.7. The molecule has 3 N–H and O–H groups in total. The topological polar surface area (TPSA) is 89.3 Å². The molecule has 0 atom stereocenters. The molecule has 0 bridgehead atoms. The number of nitrogens with one attached hydrogen (secondary N) is 1. The number of carbonyl (C=O) groups excluding carboxylic acids is 1. The molecule has 0 aliphatic heterocycles. The maximum atomic E-state index is 13.5. The molecule has 0 aliphatic rings. The van der Waals surface area contributed by atoms with Crippen molar-refractivity contribution < 1.29 is 13.2 Å². The quantitative estimate of drug-likeness (QED) is 0.383. The van der Waals surface area contributed by atoms with Crippen LogP contribution >= 0.6 is 11.3 Å². The van der Waals surface area contributed by atoms with Crippen LogP contribution in [-0.4, -0.2) is 14.2 Å². The first-order valence-electron chi connectivity index (χ1n) is 9.54. The Morgan fingerprint density at radius 1 is 0.871 bits per heavy atom. The minimum absolute atomic E-state index is 0.0428. The van der Waals surface area contributed by atoms with E-state index in [0.29, 0.717) is 10.6 Å². The van der Waals surface area contributed by atoms with Crippen molar-refractivity contribution in [2.75, 3.05) is 11.1 Å². The summed E-state index contributed by atoms with van der Waals surface area (Å²) in [5.41, 5.74) is 8.41. The standard InChI is InChI=1S/C24H20N2O3S2/c1-16-10-8-9-15-19(16)26-24-23(31(28,29)18-13-6-3-7-14-18)20(25)22(30-24)21(27)17-11-4-2-5-12-17/h2-15,26H,25H2,1H3. The molecule has 31 heavy (non-hydrogen) atoms. The van der Waals surface area contributed by atoms with Crippen LogP contribution in [0, 0.1) is 6.92 Å². The van der Waals surface area contributed by atoms with Crippen LogP contribution in [-0.2, 0) is 9.84 Å². The van der Waals surface area contributed by atoms with Crippen molar-refractivity contribution in [3.63, 3.8) is 0 Å². The zero-order valence-corrected chi connectivity index (χ0v) is 18.3. The highest BCUT2D eigenvalue weighted by atomic mass is 32.2. The van der Waals surface area contributed by atoms with Crippen molar-refractivity contribution in [1.82, 2.24) is 0 Å². The number of nitrogens with two attached hydrogens (primary N) is 1. The van der Waals surface area contributed by atoms with E-state index in [-0.39, 0.29) is 26.1 Å². The third-order valence-electron chi connectivity index (χ3n) is 4.86. The Hall–Kier alpha value is -3.42. The predicted molar refractivity (Wildman–Crippen MR) is 125 cm³/mol. The third kappa shape index (κ3) is 3.97. The van der Waals surface area contributed by atoms with E-state index in [1.54, 1.807) is 42.5 Å². The Labute approximate surface area is 185 Å². The van der Waals surface area contributed by atoms with Gasteiger partial charge in [-0.3, -0.25) is 4.79 Å². The highest BCUT2D eigenvalue weighted by Crippen LogP contribution is 2.44. The van der Waals surface area contributed by atoms with Crippen molar-refractivity contribution in [3.8, 4) is 0 Å². The van der Waals surface area contributed by atoms with E-state index >= 15 is 0 Å². The normalized spacial score (nSPS) is 11.3. The number of thiophene rings is 1. The van der Waals surface area contributed by atoms with Gasteiger partial charge in [-0.25, -0.2) is 8.42 Å². The second kappa shape index (κ2) is 8.37. The number of hydrogen-bond donors (Lipinski definition) is 2. The molecule has 0 saturated heterocycles. The molecule has 0 fully saturated rings. The van der Waals surface area contributed by atoms with Gasteiger partial charge in [0.15, 0.2) is 0 Å². The van der Waals surface area contributed by atoms with Crippen LogP contribution in [0.2, 0.25) is 0 Å². The molecule has 156 valence electrons. The van der Waals surface area contributed by atoms with Gasteiger partial charge in [-0.2, -0.15) is 0 Å². The first-order valence-corrected chi connectivity index (χ1v) is 11.8. The van der Waals surface area contributed by atoms with E-state index in [9.17, 15) is 13.2 Å². The lowest BCUT2D eigenvalue weighted by atomic mass is 10.1. The van der Waals surface area contributed by atoms with Crippen LogP contribution < -0.4 is 11.1 Å². The lowest BCUT2D eigenvalue weighted by molar-refractivity contribution is 0.104. The summed E-state index contributed by atoms with van der Waals surface area (Å²) < 4.78 is 27.0. The van der Waals surface area contributed by atoms with Crippen molar-refractivity contribution >= 4 is 43.3 Å². The maximum Gasteiger partial charge on any atom is 0.211 e. The molecule has 4 rings (SSSR count). The van der Waals surface area contributed by atoms with Gasteiger partial charge in [0.25, 0.3) is 0 Å². The highest BCUT2D eigenvalue weighted by Gasteiger charge is 2.31. The Balaban J connectivity index is 1.91. The van der Waals surface area contributed by atoms with Crippen LogP contribution in [0.3, 0.4) is 0 Å². The van der Waals surface area contributed by atoms with Gasteiger partial charge >= 0.3 is 0 Å². The first-order chi connectivity index (χ1) is 14.9. The average Bonchev–Trinajstić information content (AvgIpc) is 3.12. The predicted octanol–water partition coefficient (Wildman–Crippen LogP) is 5.45. The fourth-order valence-corrected chi connectivity index (χ4v) is 6.17. The molecule has 7 heteroatoms. The Morgan fingerprint density at radius 3 is 2.10 bits per heavy atom. The molecule has 5 nitrogen and oxygen atoms in total. The number of sulfone groups is 1. The number of ketones is 1. The minimum Gasteiger partial charge on any atom is -0.396 e. The van der Waals surface area contributed by atoms with Crippen molar-refractivity contribution in [2.45, 2.75) is 16.7 Å². The fourth-order valence-electron chi connectivity index (χ4n) is 3.22. The largest absolute Gasteiger partial charge is 0.396 e. The van der Waals surface area contributed by atoms with E-state index in [4.69, 9.17) is 5.73 Å². The average molecular weight is 449 g/mol. The van der Waals surface area contributed by atoms with Gasteiger partial charge in [0.1, 0.15) is 14.8 Å². The van der Waals surface area contributed by atoms with E-state index < -0.39 is 9.84 Å². The summed E-state index contributed by atoms with van der Waals surface area (Å²) in [6.45, 7) is 1.92. The number of nitrogen functional groups attached to an aromatic ring is 1. The SMILES string of the molecule is Cc1ccccc1Nc1sc(C(=O)c2ccccc2)c(N)c1S(=O)(=O)c1ccccc1. The van der Waals surface area contributed by atoms with Crippen LogP contribution in [0.15, 0.2) is 94.7 Å². The summed E-state index contributed by atoms with van der Waals surface area (Å²) in [7, 11) is -3.96. The molecule has 0 spiro atoms. The summed E-state index contributed by atoms with van der Waals surface area (Å²) in [4.78, 5) is 13.4. The Bertz CT molecular complexity index is 1350. The van der Waals surface area contributed by atoms with Gasteiger partial charge < -0.3 is 11.1 Å². The van der Waals surface area contributed by atoms with Gasteiger partial charge in [-0.05, 0) is 30.7 Å². The lowest BCUT2D eigenvalue weighted by Gasteiger charge is -2.11. The second-order valence-electron chi connectivity index (χ2n) is 6.95. The number of para-hydroxylation sites is 1. The first kappa shape index (κ1) is 20.8. The number of hydrogen-bond acceptors (Lipinski definition) is 6. The van der Waals surface area contributed by atoms with Gasteiger partial charge in [0.05, 0.1) is 10.6 Å². The van der Waals surface area contributed by atoms with E-state index in [1.165, 1.54) is 12.1 Å². The van der Waals surface area contributed by atoms with Crippen LogP contribution in [0.5, 0.6) is 0 Å². The summed E-state index contributed by atoms with van der Waals surface area (Å²) in [5, 5.41) is 3.51. The molecule has 1 heterocycles. The molecule has 0 saturated carbocycles. The molecular weight excluding hydrogens is 428 g/mol. The number of carbonyl (C=O) groups is 1. The third-order valence-corrected chi connectivity index (χ3v) is 7.96. The van der Waals surface area contributed by atoms with Crippen LogP contribution in [0.4, 0.5) is 16.4 Å². The van der Waals surface area contributed by atoms with Crippen LogP contribution in [0.1, 0.15) is 20.8 Å². The molecular formula is C24H20N2O3S2. The molecule has 0 unspecified atom stereocenters. The summed E-state index contributed by atoms with van der Waals surface area (Å²) in [5.74, 6) is -0.314. The molecule has 0 radical (unpaired) electrons. The van der Waals surface area contributed by atoms with Gasteiger partial charge in [-0.15, -0.1) is 11.3 Å². The van der Waals surface area contributed by atoms with E-state index in [2.05, 4.69) is 5.32 Å². The highest BCUT2D eigenvalue weighted by molar-refractivity contribution is 7.92. The van der Waals surface area contributed by atoms with Crippen molar-refractivity contribution in [3.05, 3.63) is 101 Å². The zero-order chi connectivity index (χ0) is 22.0.